The monoisotopic (exact) mass is 1080 g/mol. The van der Waals surface area contributed by atoms with Gasteiger partial charge in [-0.2, -0.15) is 4.39 Å². The van der Waals surface area contributed by atoms with Gasteiger partial charge in [0.1, 0.15) is 23.6 Å². The van der Waals surface area contributed by atoms with Crippen molar-refractivity contribution in [2.24, 2.45) is 22.7 Å². The molecule has 5 heterocycles. The van der Waals surface area contributed by atoms with Crippen LogP contribution in [-0.4, -0.2) is 125 Å². The van der Waals surface area contributed by atoms with Gasteiger partial charge < -0.3 is 34.4 Å². The second-order valence-electron chi connectivity index (χ2n) is 22.5. The van der Waals surface area contributed by atoms with Crippen LogP contribution in [0.1, 0.15) is 102 Å². The number of anilines is 1. The molecule has 418 valence electrons. The van der Waals surface area contributed by atoms with Crippen LogP contribution in [0, 0.1) is 57.9 Å². The first-order valence-electron chi connectivity index (χ1n) is 26.1. The third-order valence-corrected chi connectivity index (χ3v) is 14.7. The molecule has 0 radical (unpaired) electrons. The fraction of sp³-hybridized carbons (Fsp3) is 0.500. The Hall–Kier alpha value is -6.95. The van der Waals surface area contributed by atoms with Crippen molar-refractivity contribution < 1.29 is 60.9 Å². The van der Waals surface area contributed by atoms with E-state index in [1.165, 1.54) is 7.11 Å². The number of pyridine rings is 2. The van der Waals surface area contributed by atoms with E-state index < -0.39 is 101 Å². The van der Waals surface area contributed by atoms with Crippen molar-refractivity contribution in [3.8, 4) is 23.0 Å². The summed E-state index contributed by atoms with van der Waals surface area (Å²) in [6.45, 7) is 11.2. The molecule has 2 bridgehead atoms. The maximum absolute atomic E-state index is 16.1. The number of methoxy groups -OCH3 is 2. The van der Waals surface area contributed by atoms with Crippen LogP contribution in [0.4, 0.5) is 28.2 Å². The number of aliphatic hydroxyl groups is 1. The molecule has 20 heteroatoms. The van der Waals surface area contributed by atoms with Gasteiger partial charge in [0.25, 0.3) is 5.91 Å². The van der Waals surface area contributed by atoms with E-state index in [2.05, 4.69) is 32.5 Å². The number of aromatic nitrogens is 2. The Morgan fingerprint density at radius 1 is 0.808 bits per heavy atom. The highest BCUT2D eigenvalue weighted by atomic mass is 19.2. The van der Waals surface area contributed by atoms with Crippen molar-refractivity contribution >= 4 is 35.5 Å². The number of rotatable bonds is 18. The molecule has 7 rings (SSSR count). The summed E-state index contributed by atoms with van der Waals surface area (Å²) in [5.41, 5.74) is 2.17. The van der Waals surface area contributed by atoms with E-state index >= 15 is 8.78 Å². The fourth-order valence-electron chi connectivity index (χ4n) is 10.4. The zero-order chi connectivity index (χ0) is 56.6. The van der Waals surface area contributed by atoms with Gasteiger partial charge in [-0.25, -0.2) is 32.9 Å². The minimum absolute atomic E-state index is 0.0635. The van der Waals surface area contributed by atoms with Crippen molar-refractivity contribution in [1.82, 2.24) is 30.6 Å². The van der Waals surface area contributed by atoms with Gasteiger partial charge in [0.15, 0.2) is 11.6 Å². The van der Waals surface area contributed by atoms with Crippen molar-refractivity contribution in [2.45, 2.75) is 123 Å². The third kappa shape index (κ3) is 14.8. The number of halogens is 4. The minimum atomic E-state index is -1.51. The lowest BCUT2D eigenvalue weighted by atomic mass is 9.78. The Labute approximate surface area is 452 Å². The van der Waals surface area contributed by atoms with E-state index in [0.29, 0.717) is 36.4 Å². The first kappa shape index (κ1) is 58.7. The van der Waals surface area contributed by atoms with Crippen LogP contribution in [0.5, 0.6) is 0 Å². The third-order valence-electron chi connectivity index (χ3n) is 14.7. The molecule has 0 saturated carbocycles. The van der Waals surface area contributed by atoms with Gasteiger partial charge in [-0.05, 0) is 102 Å². The number of ether oxygens (including phenoxy) is 3. The largest absolute Gasteiger partial charge is 0.469 e. The fourth-order valence-corrected chi connectivity index (χ4v) is 10.4. The van der Waals surface area contributed by atoms with Crippen LogP contribution in [0.15, 0.2) is 67.0 Å². The average molecular weight is 1080 g/mol. The molecule has 3 amide bonds. The Morgan fingerprint density at radius 3 is 2.01 bits per heavy atom. The number of hydrazine groups is 1. The van der Waals surface area contributed by atoms with E-state index in [4.69, 9.17) is 19.2 Å². The standard InChI is InChI=1S/C58H69F4N7O9/c1-57(2,3)43(27-51(72)76-7)54(73)66-68(32-42-44(59)23-37(24-45(42)60)39-25-46(61)53(62)64-29-39)33-48(71)38(26-47(70)52(58(4,5)6)65-56(75)77-8)22-35-14-11-34(12-15-35)13-16-36-17-20-50(63-28-36)67-30-40-18-19-41(31-67)69(40)55(74)49-10-9-21-78-49/h11-12,14-15,17,20,23-25,28-29,38,40-41,43,48-49,52,71H,9-10,18-19,21-22,26-27,30-33H2,1-8H3,(H,65,75)(H,66,73)/t38-,40?,41?,43-,48+,49+,52-/m1/s1. The number of benzene rings is 2. The first-order chi connectivity index (χ1) is 36.9. The van der Waals surface area contributed by atoms with Gasteiger partial charge in [0.2, 0.25) is 11.9 Å². The number of aliphatic hydroxyl groups excluding tert-OH is 1. The number of nitrogens with zero attached hydrogens (tertiary/aromatic N) is 5. The summed E-state index contributed by atoms with van der Waals surface area (Å²) in [6.07, 6.45) is 2.87. The number of alkyl carbamates (subject to hydrolysis) is 1. The predicted octanol–water partition coefficient (Wildman–Crippen LogP) is 7.47. The second-order valence-corrected chi connectivity index (χ2v) is 22.5. The van der Waals surface area contributed by atoms with Crippen molar-refractivity contribution in [3.05, 3.63) is 113 Å². The van der Waals surface area contributed by atoms with Gasteiger partial charge in [-0.3, -0.25) is 24.6 Å². The molecule has 16 nitrogen and oxygen atoms in total. The summed E-state index contributed by atoms with van der Waals surface area (Å²) in [4.78, 5) is 79.1. The van der Waals surface area contributed by atoms with Gasteiger partial charge >= 0.3 is 12.1 Å². The summed E-state index contributed by atoms with van der Waals surface area (Å²) >= 11 is 0. The molecule has 7 atom stereocenters. The molecule has 2 unspecified atom stereocenters. The Balaban J connectivity index is 1.12. The summed E-state index contributed by atoms with van der Waals surface area (Å²) in [7, 11) is 2.33. The molecule has 0 aliphatic carbocycles. The minimum Gasteiger partial charge on any atom is -0.469 e. The van der Waals surface area contributed by atoms with E-state index in [0.717, 1.165) is 68.0 Å². The zero-order valence-corrected chi connectivity index (χ0v) is 45.3. The summed E-state index contributed by atoms with van der Waals surface area (Å²) < 4.78 is 75.3. The maximum Gasteiger partial charge on any atom is 0.407 e. The lowest BCUT2D eigenvalue weighted by Gasteiger charge is -2.42. The first-order valence-corrected chi connectivity index (χ1v) is 26.1. The normalized spacial score (nSPS) is 18.8. The molecular weight excluding hydrogens is 1010 g/mol. The van der Waals surface area contributed by atoms with Gasteiger partial charge in [-0.1, -0.05) is 65.5 Å². The molecule has 2 aromatic heterocycles. The van der Waals surface area contributed by atoms with Gasteiger partial charge in [-0.15, -0.1) is 0 Å². The SMILES string of the molecule is COC(=O)C[C@H](C(=O)NN(Cc1c(F)cc(-c2cnc(F)c(F)c2)cc1F)C[C@H](O)[C@@H](CC(=O)[C@@H](NC(=O)OC)C(C)(C)C)Cc1ccc(C#Cc2ccc(N3CC4CCC(C3)N4C(=O)[C@@H]3CCCO3)nc2)cc1)C(C)(C)C. The summed E-state index contributed by atoms with van der Waals surface area (Å²) in [6, 6.07) is 12.6. The Morgan fingerprint density at radius 2 is 1.45 bits per heavy atom. The smallest absolute Gasteiger partial charge is 0.407 e. The van der Waals surface area contributed by atoms with Gasteiger partial charge in [0.05, 0.1) is 38.7 Å². The number of hydrogen-bond donors (Lipinski definition) is 3. The number of piperazine rings is 1. The highest BCUT2D eigenvalue weighted by Crippen LogP contribution is 2.35. The average Bonchev–Trinajstić information content (AvgIpc) is 4.09. The number of nitrogens with one attached hydrogen (secondary N) is 2. The molecule has 3 N–H and O–H groups in total. The number of fused-ring (bicyclic) bond motifs is 2. The number of amides is 3. The van der Waals surface area contributed by atoms with Crippen LogP contribution < -0.4 is 15.6 Å². The lowest BCUT2D eigenvalue weighted by molar-refractivity contribution is -0.148. The maximum atomic E-state index is 16.1. The number of carbonyl (C=O) groups is 5. The summed E-state index contributed by atoms with van der Waals surface area (Å²) in [5, 5.41) is 16.0. The number of esters is 1. The van der Waals surface area contributed by atoms with E-state index in [-0.39, 0.29) is 54.5 Å². The molecule has 78 heavy (non-hydrogen) atoms. The topological polar surface area (TPSA) is 193 Å². The molecule has 3 saturated heterocycles. The quantitative estimate of drug-likeness (QED) is 0.0293. The zero-order valence-electron chi connectivity index (χ0n) is 45.3. The molecule has 4 aromatic rings. The van der Waals surface area contributed by atoms with Crippen LogP contribution >= 0.6 is 0 Å². The molecule has 3 aliphatic heterocycles. The van der Waals surface area contributed by atoms with Crippen molar-refractivity contribution in [1.29, 1.82) is 0 Å². The van der Waals surface area contributed by atoms with Crippen molar-refractivity contribution in [2.75, 3.05) is 45.4 Å². The summed E-state index contributed by atoms with van der Waals surface area (Å²) in [5.74, 6) is -1.62. The number of Topliss-reactive ketones (excluding diaryl/α,β-unsaturated/α-hetero) is 1. The van der Waals surface area contributed by atoms with Crippen LogP contribution in [-0.2, 0) is 46.4 Å². The highest BCUT2D eigenvalue weighted by Gasteiger charge is 2.46. The Bertz CT molecular complexity index is 2840. The second kappa shape index (κ2) is 25.2. The number of carbonyl (C=O) groups excluding carboxylic acids is 5. The molecule has 3 fully saturated rings. The van der Waals surface area contributed by atoms with E-state index in [9.17, 15) is 37.9 Å². The van der Waals surface area contributed by atoms with E-state index in [1.54, 1.807) is 72.0 Å². The van der Waals surface area contributed by atoms with E-state index in [1.807, 2.05) is 17.0 Å². The molecule has 2 aromatic carbocycles. The van der Waals surface area contributed by atoms with Crippen LogP contribution in [0.25, 0.3) is 11.1 Å². The molecular formula is C58H69F4N7O9. The van der Waals surface area contributed by atoms with Crippen LogP contribution in [0.3, 0.4) is 0 Å². The highest BCUT2D eigenvalue weighted by molar-refractivity contribution is 5.88. The van der Waals surface area contributed by atoms with Gasteiger partial charge in [0, 0.05) is 85.9 Å². The number of hydrogen-bond acceptors (Lipinski definition) is 13. The van der Waals surface area contributed by atoms with Crippen LogP contribution in [0.2, 0.25) is 0 Å². The lowest BCUT2D eigenvalue weighted by Crippen LogP contribution is -2.58. The molecule has 3 aliphatic rings. The Kier molecular flexibility index (Phi) is 19.0. The predicted molar refractivity (Wildman–Crippen MR) is 281 cm³/mol. The number of ketones is 1. The molecule has 0 spiro atoms. The van der Waals surface area contributed by atoms with Crippen molar-refractivity contribution in [3.63, 3.8) is 0 Å².